The molecule has 0 aliphatic heterocycles. The summed E-state index contributed by atoms with van der Waals surface area (Å²) in [6, 6.07) is 6.42. The fourth-order valence-corrected chi connectivity index (χ4v) is 3.16. The number of carbonyl (C=O) groups excluding carboxylic acids is 1. The molecule has 25 heavy (non-hydrogen) atoms. The molecule has 3 rings (SSSR count). The van der Waals surface area contributed by atoms with Crippen LogP contribution in [-0.4, -0.2) is 21.9 Å². The summed E-state index contributed by atoms with van der Waals surface area (Å²) in [6.07, 6.45) is 10.2. The maximum absolute atomic E-state index is 12.3. The molecular formula is C20H26N4O. The molecule has 1 saturated carbocycles. The van der Waals surface area contributed by atoms with Crippen molar-refractivity contribution in [3.8, 4) is 0 Å². The van der Waals surface area contributed by atoms with Crippen LogP contribution in [0.3, 0.4) is 0 Å². The topological polar surface area (TPSA) is 66.9 Å². The first-order valence-electron chi connectivity index (χ1n) is 9.09. The number of aromatic nitrogens is 2. The number of nitrogens with one attached hydrogen (secondary N) is 2. The van der Waals surface area contributed by atoms with Gasteiger partial charge in [-0.2, -0.15) is 0 Å². The largest absolute Gasteiger partial charge is 0.348 e. The zero-order chi connectivity index (χ0) is 17.6. The standard InChI is InChI=1S/C20H26N4O/c1-14-9-10-17(11-15(14)2)23-19-13-21-18(12-22-19)20(25)24-16-7-5-3-4-6-8-16/h9-13,16H,3-8H2,1-2H3,(H,22,23)(H,24,25). The maximum atomic E-state index is 12.3. The number of nitrogens with zero attached hydrogens (tertiary/aromatic N) is 2. The number of amides is 1. The second kappa shape index (κ2) is 8.10. The van der Waals surface area contributed by atoms with Crippen molar-refractivity contribution in [2.45, 2.75) is 58.4 Å². The van der Waals surface area contributed by atoms with Crippen LogP contribution in [0.15, 0.2) is 30.6 Å². The predicted molar refractivity (Wildman–Crippen MR) is 100 cm³/mol. The van der Waals surface area contributed by atoms with Gasteiger partial charge in [-0.05, 0) is 49.9 Å². The molecule has 1 aromatic heterocycles. The van der Waals surface area contributed by atoms with E-state index in [0.29, 0.717) is 11.5 Å². The molecule has 5 nitrogen and oxygen atoms in total. The van der Waals surface area contributed by atoms with Crippen molar-refractivity contribution >= 4 is 17.4 Å². The Kier molecular flexibility index (Phi) is 5.64. The van der Waals surface area contributed by atoms with Crippen LogP contribution >= 0.6 is 0 Å². The smallest absolute Gasteiger partial charge is 0.271 e. The lowest BCUT2D eigenvalue weighted by Crippen LogP contribution is -2.34. The molecule has 2 aromatic rings. The SMILES string of the molecule is Cc1ccc(Nc2cnc(C(=O)NC3CCCCCC3)cn2)cc1C. The third kappa shape index (κ3) is 4.78. The molecule has 0 radical (unpaired) electrons. The van der Waals surface area contributed by atoms with Gasteiger partial charge in [-0.3, -0.25) is 4.79 Å². The summed E-state index contributed by atoms with van der Waals surface area (Å²) in [4.78, 5) is 20.9. The van der Waals surface area contributed by atoms with Gasteiger partial charge in [-0.15, -0.1) is 0 Å². The minimum atomic E-state index is -0.128. The van der Waals surface area contributed by atoms with E-state index in [-0.39, 0.29) is 11.9 Å². The zero-order valence-corrected chi connectivity index (χ0v) is 15.0. The van der Waals surface area contributed by atoms with E-state index >= 15 is 0 Å². The summed E-state index contributed by atoms with van der Waals surface area (Å²) in [5.41, 5.74) is 3.81. The maximum Gasteiger partial charge on any atom is 0.271 e. The fourth-order valence-electron chi connectivity index (χ4n) is 3.16. The van der Waals surface area contributed by atoms with Gasteiger partial charge in [-0.1, -0.05) is 31.7 Å². The summed E-state index contributed by atoms with van der Waals surface area (Å²) in [6.45, 7) is 4.16. The molecule has 5 heteroatoms. The molecule has 1 aromatic carbocycles. The van der Waals surface area contributed by atoms with Crippen molar-refractivity contribution in [2.75, 3.05) is 5.32 Å². The van der Waals surface area contributed by atoms with Gasteiger partial charge in [0.25, 0.3) is 5.91 Å². The van der Waals surface area contributed by atoms with Crippen molar-refractivity contribution in [3.05, 3.63) is 47.4 Å². The van der Waals surface area contributed by atoms with Crippen LogP contribution in [-0.2, 0) is 0 Å². The molecule has 0 spiro atoms. The average Bonchev–Trinajstić information content (AvgIpc) is 2.87. The van der Waals surface area contributed by atoms with Crippen LogP contribution in [0, 0.1) is 13.8 Å². The number of benzene rings is 1. The average molecular weight is 338 g/mol. The van der Waals surface area contributed by atoms with Gasteiger partial charge in [0.05, 0.1) is 12.4 Å². The predicted octanol–water partition coefficient (Wildman–Crippen LogP) is 4.29. The second-order valence-electron chi connectivity index (χ2n) is 6.87. The van der Waals surface area contributed by atoms with Gasteiger partial charge in [0.1, 0.15) is 11.5 Å². The Morgan fingerprint density at radius 3 is 2.40 bits per heavy atom. The van der Waals surface area contributed by atoms with Gasteiger partial charge in [0.15, 0.2) is 0 Å². The van der Waals surface area contributed by atoms with Crippen LogP contribution in [0.4, 0.5) is 11.5 Å². The monoisotopic (exact) mass is 338 g/mol. The molecule has 0 bridgehead atoms. The van der Waals surface area contributed by atoms with E-state index in [4.69, 9.17) is 0 Å². The molecule has 1 fully saturated rings. The Morgan fingerprint density at radius 2 is 1.76 bits per heavy atom. The van der Waals surface area contributed by atoms with Crippen molar-refractivity contribution in [3.63, 3.8) is 0 Å². The van der Waals surface area contributed by atoms with Crippen molar-refractivity contribution in [2.24, 2.45) is 0 Å². The lowest BCUT2D eigenvalue weighted by atomic mass is 10.1. The van der Waals surface area contributed by atoms with Gasteiger partial charge in [0, 0.05) is 11.7 Å². The highest BCUT2D eigenvalue weighted by atomic mass is 16.1. The summed E-state index contributed by atoms with van der Waals surface area (Å²) in [7, 11) is 0. The van der Waals surface area contributed by atoms with E-state index in [9.17, 15) is 4.79 Å². The molecule has 0 saturated heterocycles. The highest BCUT2D eigenvalue weighted by molar-refractivity contribution is 5.92. The third-order valence-electron chi connectivity index (χ3n) is 4.85. The van der Waals surface area contributed by atoms with Crippen LogP contribution in [0.5, 0.6) is 0 Å². The van der Waals surface area contributed by atoms with E-state index in [1.54, 1.807) is 6.20 Å². The van der Waals surface area contributed by atoms with Gasteiger partial charge < -0.3 is 10.6 Å². The number of hydrogen-bond donors (Lipinski definition) is 2. The highest BCUT2D eigenvalue weighted by Crippen LogP contribution is 2.19. The number of carbonyl (C=O) groups is 1. The quantitative estimate of drug-likeness (QED) is 0.816. The Bertz CT molecular complexity index is 719. The Labute approximate surface area is 149 Å². The van der Waals surface area contributed by atoms with Gasteiger partial charge >= 0.3 is 0 Å². The third-order valence-corrected chi connectivity index (χ3v) is 4.85. The van der Waals surface area contributed by atoms with Crippen LogP contribution in [0.2, 0.25) is 0 Å². The lowest BCUT2D eigenvalue weighted by Gasteiger charge is -2.15. The van der Waals surface area contributed by atoms with E-state index in [2.05, 4.69) is 46.6 Å². The fraction of sp³-hybridized carbons (Fsp3) is 0.450. The molecule has 2 N–H and O–H groups in total. The van der Waals surface area contributed by atoms with E-state index in [0.717, 1.165) is 18.5 Å². The van der Waals surface area contributed by atoms with E-state index in [1.165, 1.54) is 43.0 Å². The molecule has 1 amide bonds. The lowest BCUT2D eigenvalue weighted by molar-refractivity contribution is 0.0928. The van der Waals surface area contributed by atoms with Crippen LogP contribution in [0.1, 0.15) is 60.1 Å². The highest BCUT2D eigenvalue weighted by Gasteiger charge is 2.16. The first-order chi connectivity index (χ1) is 12.1. The molecule has 1 heterocycles. The Hall–Kier alpha value is -2.43. The molecule has 0 atom stereocenters. The minimum Gasteiger partial charge on any atom is -0.348 e. The number of rotatable bonds is 4. The van der Waals surface area contributed by atoms with Gasteiger partial charge in [0.2, 0.25) is 0 Å². The normalized spacial score (nSPS) is 15.4. The summed E-state index contributed by atoms with van der Waals surface area (Å²) >= 11 is 0. The van der Waals surface area contributed by atoms with Crippen molar-refractivity contribution in [1.82, 2.24) is 15.3 Å². The summed E-state index contributed by atoms with van der Waals surface area (Å²) < 4.78 is 0. The minimum absolute atomic E-state index is 0.128. The van der Waals surface area contributed by atoms with E-state index < -0.39 is 0 Å². The number of hydrogen-bond acceptors (Lipinski definition) is 4. The first-order valence-corrected chi connectivity index (χ1v) is 9.09. The van der Waals surface area contributed by atoms with Gasteiger partial charge in [-0.25, -0.2) is 9.97 Å². The van der Waals surface area contributed by atoms with Crippen LogP contribution < -0.4 is 10.6 Å². The first kappa shape index (κ1) is 17.4. The van der Waals surface area contributed by atoms with Crippen molar-refractivity contribution in [1.29, 1.82) is 0 Å². The number of anilines is 2. The summed E-state index contributed by atoms with van der Waals surface area (Å²) in [5, 5.41) is 6.32. The number of aryl methyl sites for hydroxylation is 2. The molecule has 0 unspecified atom stereocenters. The molecule has 1 aliphatic rings. The summed E-state index contributed by atoms with van der Waals surface area (Å²) in [5.74, 6) is 0.506. The van der Waals surface area contributed by atoms with Crippen LogP contribution in [0.25, 0.3) is 0 Å². The Morgan fingerprint density at radius 1 is 1.00 bits per heavy atom. The second-order valence-corrected chi connectivity index (χ2v) is 6.87. The Balaban J connectivity index is 1.60. The van der Waals surface area contributed by atoms with Crippen molar-refractivity contribution < 1.29 is 4.79 Å². The van der Waals surface area contributed by atoms with E-state index in [1.807, 2.05) is 6.07 Å². The molecule has 132 valence electrons. The molecule has 1 aliphatic carbocycles. The molecular weight excluding hydrogens is 312 g/mol. The zero-order valence-electron chi connectivity index (χ0n) is 15.0.